The molecule has 144 valence electrons. The van der Waals surface area contributed by atoms with Gasteiger partial charge in [-0.1, -0.05) is 30.0 Å². The van der Waals surface area contributed by atoms with Crippen molar-refractivity contribution >= 4 is 39.9 Å². The molecule has 1 heterocycles. The molecule has 28 heavy (non-hydrogen) atoms. The molecule has 3 rings (SSSR count). The third-order valence-electron chi connectivity index (χ3n) is 4.18. The van der Waals surface area contributed by atoms with Gasteiger partial charge in [-0.2, -0.15) is 0 Å². The number of rotatable bonds is 6. The van der Waals surface area contributed by atoms with Gasteiger partial charge in [0, 0.05) is 18.7 Å². The fraction of sp³-hybridized carbons (Fsp3) is 0.211. The van der Waals surface area contributed by atoms with Gasteiger partial charge in [0.25, 0.3) is 11.2 Å². The van der Waals surface area contributed by atoms with Gasteiger partial charge in [0.05, 0.1) is 27.3 Å². The number of aromatic nitrogens is 2. The van der Waals surface area contributed by atoms with Crippen LogP contribution < -0.4 is 10.9 Å². The number of nitrogens with zero attached hydrogens (tertiary/aromatic N) is 3. The van der Waals surface area contributed by atoms with Gasteiger partial charge in [0.15, 0.2) is 5.16 Å². The highest BCUT2D eigenvalue weighted by Gasteiger charge is 2.14. The number of benzene rings is 2. The lowest BCUT2D eigenvalue weighted by Crippen LogP contribution is -2.23. The number of carbonyl (C=O) groups excluding carboxylic acids is 1. The number of carbonyl (C=O) groups is 1. The Labute approximate surface area is 164 Å². The zero-order valence-electron chi connectivity index (χ0n) is 15.3. The van der Waals surface area contributed by atoms with E-state index in [-0.39, 0.29) is 22.9 Å². The van der Waals surface area contributed by atoms with Crippen LogP contribution in [-0.2, 0) is 11.3 Å². The van der Waals surface area contributed by atoms with E-state index in [9.17, 15) is 19.7 Å². The lowest BCUT2D eigenvalue weighted by Gasteiger charge is -2.12. The van der Waals surface area contributed by atoms with Gasteiger partial charge >= 0.3 is 0 Å². The van der Waals surface area contributed by atoms with E-state index in [4.69, 9.17) is 0 Å². The van der Waals surface area contributed by atoms with Gasteiger partial charge in [-0.15, -0.1) is 0 Å². The first-order chi connectivity index (χ1) is 13.4. The number of hydrogen-bond donors (Lipinski definition) is 1. The Morgan fingerprint density at radius 1 is 1.29 bits per heavy atom. The van der Waals surface area contributed by atoms with Gasteiger partial charge < -0.3 is 5.32 Å². The fourth-order valence-electron chi connectivity index (χ4n) is 2.71. The lowest BCUT2D eigenvalue weighted by molar-refractivity contribution is -0.384. The number of para-hydroxylation sites is 1. The number of anilines is 1. The van der Waals surface area contributed by atoms with E-state index >= 15 is 0 Å². The Bertz CT molecular complexity index is 1130. The first kappa shape index (κ1) is 19.6. The second kappa shape index (κ2) is 8.22. The van der Waals surface area contributed by atoms with Crippen LogP contribution in [0.4, 0.5) is 11.4 Å². The number of hydrogen-bond acceptors (Lipinski definition) is 6. The Morgan fingerprint density at radius 3 is 2.75 bits per heavy atom. The number of fused-ring (bicyclic) bond motifs is 1. The third kappa shape index (κ3) is 4.04. The monoisotopic (exact) mass is 398 g/mol. The molecule has 0 aliphatic carbocycles. The maximum atomic E-state index is 12.6. The number of non-ortho nitro benzene ring substituents is 1. The molecule has 0 fully saturated rings. The van der Waals surface area contributed by atoms with Crippen molar-refractivity contribution < 1.29 is 9.72 Å². The smallest absolute Gasteiger partial charge is 0.271 e. The van der Waals surface area contributed by atoms with E-state index in [1.807, 2.05) is 6.92 Å². The normalized spacial score (nSPS) is 10.8. The minimum Gasteiger partial charge on any atom is -0.325 e. The molecule has 0 unspecified atom stereocenters. The molecule has 1 N–H and O–H groups in total. The molecule has 2 aromatic carbocycles. The minimum atomic E-state index is -0.511. The van der Waals surface area contributed by atoms with Crippen LogP contribution in [0.1, 0.15) is 12.5 Å². The molecule has 0 bridgehead atoms. The average molecular weight is 398 g/mol. The molecule has 0 saturated carbocycles. The van der Waals surface area contributed by atoms with E-state index in [0.717, 1.165) is 17.3 Å². The highest BCUT2D eigenvalue weighted by molar-refractivity contribution is 7.99. The number of thioether (sulfide) groups is 1. The van der Waals surface area contributed by atoms with E-state index in [0.29, 0.717) is 28.3 Å². The summed E-state index contributed by atoms with van der Waals surface area (Å²) in [6.07, 6.45) is 0. The van der Waals surface area contributed by atoms with Crippen LogP contribution in [0, 0.1) is 17.0 Å². The summed E-state index contributed by atoms with van der Waals surface area (Å²) in [7, 11) is 0. The zero-order valence-corrected chi connectivity index (χ0v) is 16.2. The summed E-state index contributed by atoms with van der Waals surface area (Å²) in [5.74, 6) is -0.314. The third-order valence-corrected chi connectivity index (χ3v) is 5.16. The summed E-state index contributed by atoms with van der Waals surface area (Å²) in [4.78, 5) is 39.9. The number of nitrogens with one attached hydrogen (secondary N) is 1. The largest absolute Gasteiger partial charge is 0.325 e. The molecule has 9 heteroatoms. The molecule has 0 atom stereocenters. The lowest BCUT2D eigenvalue weighted by atomic mass is 10.2. The van der Waals surface area contributed by atoms with Crippen molar-refractivity contribution in [2.45, 2.75) is 25.5 Å². The maximum absolute atomic E-state index is 12.6. The van der Waals surface area contributed by atoms with Crippen molar-refractivity contribution in [1.29, 1.82) is 0 Å². The predicted molar refractivity (Wildman–Crippen MR) is 109 cm³/mol. The molecule has 0 aliphatic rings. The maximum Gasteiger partial charge on any atom is 0.271 e. The summed E-state index contributed by atoms with van der Waals surface area (Å²) in [6.45, 7) is 4.03. The average Bonchev–Trinajstić information content (AvgIpc) is 2.68. The summed E-state index contributed by atoms with van der Waals surface area (Å²) in [6, 6.07) is 11.4. The quantitative estimate of drug-likeness (QED) is 0.295. The SMILES string of the molecule is CCn1c(SCC(=O)Nc2cc([N+](=O)[O-])ccc2C)nc2ccccc2c1=O. The van der Waals surface area contributed by atoms with Gasteiger partial charge in [-0.25, -0.2) is 4.98 Å². The fourth-order valence-corrected chi connectivity index (χ4v) is 3.57. The molecular formula is C19H18N4O4S. The van der Waals surface area contributed by atoms with Gasteiger partial charge in [0.1, 0.15) is 0 Å². The van der Waals surface area contributed by atoms with Crippen molar-refractivity contribution in [2.24, 2.45) is 0 Å². The molecule has 8 nitrogen and oxygen atoms in total. The molecule has 1 aromatic heterocycles. The molecule has 0 aliphatic heterocycles. The highest BCUT2D eigenvalue weighted by atomic mass is 32.2. The summed E-state index contributed by atoms with van der Waals surface area (Å²) in [5, 5.41) is 14.6. The molecule has 0 radical (unpaired) electrons. The highest BCUT2D eigenvalue weighted by Crippen LogP contribution is 2.23. The van der Waals surface area contributed by atoms with Crippen molar-refractivity contribution in [1.82, 2.24) is 9.55 Å². The van der Waals surface area contributed by atoms with Gasteiger partial charge in [-0.05, 0) is 31.5 Å². The number of amides is 1. The van der Waals surface area contributed by atoms with Crippen LogP contribution in [0.15, 0.2) is 52.4 Å². The van der Waals surface area contributed by atoms with Crippen LogP contribution in [0.2, 0.25) is 0 Å². The van der Waals surface area contributed by atoms with Crippen molar-refractivity contribution in [2.75, 3.05) is 11.1 Å². The molecule has 0 spiro atoms. The Kier molecular flexibility index (Phi) is 5.74. The van der Waals surface area contributed by atoms with Crippen LogP contribution in [-0.4, -0.2) is 26.1 Å². The van der Waals surface area contributed by atoms with Crippen molar-refractivity contribution in [3.8, 4) is 0 Å². The van der Waals surface area contributed by atoms with Crippen molar-refractivity contribution in [3.05, 3.63) is 68.5 Å². The molecule has 1 amide bonds. The predicted octanol–water partition coefficient (Wildman–Crippen LogP) is 3.36. The van der Waals surface area contributed by atoms with Crippen LogP contribution in [0.25, 0.3) is 10.9 Å². The minimum absolute atomic E-state index is 0.0207. The van der Waals surface area contributed by atoms with E-state index in [1.54, 1.807) is 37.3 Å². The Hall–Kier alpha value is -3.20. The second-order valence-corrected chi connectivity index (χ2v) is 7.00. The molecule has 0 saturated heterocycles. The zero-order chi connectivity index (χ0) is 20.3. The van der Waals surface area contributed by atoms with Gasteiger partial charge in [-0.3, -0.25) is 24.3 Å². The second-order valence-electron chi connectivity index (χ2n) is 6.05. The van der Waals surface area contributed by atoms with Crippen molar-refractivity contribution in [3.63, 3.8) is 0 Å². The summed E-state index contributed by atoms with van der Waals surface area (Å²) in [5.41, 5.74) is 1.45. The number of nitro benzene ring substituents is 1. The molecule has 3 aromatic rings. The number of aryl methyl sites for hydroxylation is 1. The van der Waals surface area contributed by atoms with E-state index < -0.39 is 4.92 Å². The van der Waals surface area contributed by atoms with Gasteiger partial charge in [0.2, 0.25) is 5.91 Å². The van der Waals surface area contributed by atoms with E-state index in [2.05, 4.69) is 10.3 Å². The number of nitro groups is 1. The topological polar surface area (TPSA) is 107 Å². The first-order valence-electron chi connectivity index (χ1n) is 8.58. The Balaban J connectivity index is 1.79. The van der Waals surface area contributed by atoms with E-state index in [1.165, 1.54) is 16.7 Å². The standard InChI is InChI=1S/C19H18N4O4S/c1-3-22-18(25)14-6-4-5-7-15(14)21-19(22)28-11-17(24)20-16-10-13(23(26)27)9-8-12(16)2/h4-10H,3,11H2,1-2H3,(H,20,24). The van der Waals surface area contributed by atoms with Crippen LogP contribution in [0.5, 0.6) is 0 Å². The van der Waals surface area contributed by atoms with Crippen LogP contribution >= 0.6 is 11.8 Å². The summed E-state index contributed by atoms with van der Waals surface area (Å²) >= 11 is 1.15. The van der Waals surface area contributed by atoms with Crippen LogP contribution in [0.3, 0.4) is 0 Å². The summed E-state index contributed by atoms with van der Waals surface area (Å²) < 4.78 is 1.53. The Morgan fingerprint density at radius 2 is 2.04 bits per heavy atom. The molecular weight excluding hydrogens is 380 g/mol. The first-order valence-corrected chi connectivity index (χ1v) is 9.56.